The fraction of sp³-hybridized carbons (Fsp3) is 0. The Morgan fingerprint density at radius 3 is 2.23 bits per heavy atom. The van der Waals surface area contributed by atoms with Crippen LogP contribution >= 0.6 is 0 Å². The third-order valence-electron chi connectivity index (χ3n) is 3.94. The minimum atomic E-state index is -0.599. The number of fused-ring (bicyclic) bond motifs is 1. The highest BCUT2D eigenvalue weighted by molar-refractivity contribution is 5.91. The predicted octanol–water partition coefficient (Wildman–Crippen LogP) is 3.58. The largest absolute Gasteiger partial charge is 0.415 e. The number of pyridine rings is 1. The molecule has 2 aromatic heterocycles. The highest BCUT2D eigenvalue weighted by atomic mass is 16.5. The smallest absolute Gasteiger partial charge is 0.343 e. The SMILES string of the molecule is O=C(Oc1c(-c2ccccc2)nc2ccccn2c1=O)c1ccccc1. The number of hydrogen-bond donors (Lipinski definition) is 0. The second-order valence-electron chi connectivity index (χ2n) is 5.65. The molecule has 26 heavy (non-hydrogen) atoms. The number of carbonyl (C=O) groups is 1. The van der Waals surface area contributed by atoms with Crippen LogP contribution in [0.3, 0.4) is 0 Å². The van der Waals surface area contributed by atoms with Gasteiger partial charge < -0.3 is 4.74 Å². The van der Waals surface area contributed by atoms with E-state index in [4.69, 9.17) is 4.74 Å². The Bertz CT molecular complexity index is 1140. The van der Waals surface area contributed by atoms with E-state index >= 15 is 0 Å². The van der Waals surface area contributed by atoms with Crippen molar-refractivity contribution >= 4 is 11.6 Å². The molecule has 0 fully saturated rings. The van der Waals surface area contributed by atoms with Crippen LogP contribution in [0.2, 0.25) is 0 Å². The Balaban J connectivity index is 1.90. The van der Waals surface area contributed by atoms with E-state index in [1.54, 1.807) is 54.7 Å². The Labute approximate surface area is 149 Å². The number of rotatable bonds is 3. The van der Waals surface area contributed by atoms with E-state index in [-0.39, 0.29) is 5.75 Å². The monoisotopic (exact) mass is 342 g/mol. The van der Waals surface area contributed by atoms with E-state index in [2.05, 4.69) is 4.98 Å². The van der Waals surface area contributed by atoms with Gasteiger partial charge in [0.15, 0.2) is 0 Å². The molecule has 126 valence electrons. The molecule has 5 heteroatoms. The zero-order valence-corrected chi connectivity index (χ0v) is 13.7. The molecular formula is C21H14N2O3. The molecule has 0 unspecified atom stereocenters. The average molecular weight is 342 g/mol. The van der Waals surface area contributed by atoms with Gasteiger partial charge in [-0.05, 0) is 24.3 Å². The third-order valence-corrected chi connectivity index (χ3v) is 3.94. The number of carbonyl (C=O) groups excluding carboxylic acids is 1. The van der Waals surface area contributed by atoms with Gasteiger partial charge >= 0.3 is 11.5 Å². The summed E-state index contributed by atoms with van der Waals surface area (Å²) in [4.78, 5) is 30.0. The number of benzene rings is 2. The molecule has 5 nitrogen and oxygen atoms in total. The summed E-state index contributed by atoms with van der Waals surface area (Å²) in [5.74, 6) is -0.689. The van der Waals surface area contributed by atoms with Crippen LogP contribution in [0.1, 0.15) is 10.4 Å². The highest BCUT2D eigenvalue weighted by Gasteiger charge is 2.19. The summed E-state index contributed by atoms with van der Waals surface area (Å²) in [6.45, 7) is 0. The number of esters is 1. The standard InChI is InChI=1S/C21H14N2O3/c24-20-19(26-21(25)16-11-5-2-6-12-16)18(15-9-3-1-4-10-15)22-17-13-7-8-14-23(17)20/h1-14H. The summed E-state index contributed by atoms with van der Waals surface area (Å²) in [5, 5.41) is 0. The molecule has 0 saturated carbocycles. The van der Waals surface area contributed by atoms with Gasteiger partial charge in [-0.25, -0.2) is 9.78 Å². The third kappa shape index (κ3) is 2.86. The van der Waals surface area contributed by atoms with Gasteiger partial charge in [0, 0.05) is 11.8 Å². The van der Waals surface area contributed by atoms with E-state index in [1.165, 1.54) is 4.40 Å². The number of hydrogen-bond acceptors (Lipinski definition) is 4. The highest BCUT2D eigenvalue weighted by Crippen LogP contribution is 2.26. The lowest BCUT2D eigenvalue weighted by Crippen LogP contribution is -2.22. The van der Waals surface area contributed by atoms with Crippen LogP contribution in [-0.4, -0.2) is 15.4 Å². The molecular weight excluding hydrogens is 328 g/mol. The van der Waals surface area contributed by atoms with E-state index in [0.717, 1.165) is 0 Å². The average Bonchev–Trinajstić information content (AvgIpc) is 2.71. The molecule has 0 saturated heterocycles. The van der Waals surface area contributed by atoms with Crippen molar-refractivity contribution in [2.45, 2.75) is 0 Å². The van der Waals surface area contributed by atoms with Crippen molar-refractivity contribution in [2.24, 2.45) is 0 Å². The predicted molar refractivity (Wildman–Crippen MR) is 98.3 cm³/mol. The number of aromatic nitrogens is 2. The van der Waals surface area contributed by atoms with Crippen LogP contribution in [0.5, 0.6) is 5.75 Å². The lowest BCUT2D eigenvalue weighted by Gasteiger charge is -2.11. The van der Waals surface area contributed by atoms with Gasteiger partial charge in [-0.15, -0.1) is 0 Å². The molecule has 0 aliphatic carbocycles. The first-order valence-electron chi connectivity index (χ1n) is 8.08. The van der Waals surface area contributed by atoms with Crippen molar-refractivity contribution in [3.63, 3.8) is 0 Å². The fourth-order valence-electron chi connectivity index (χ4n) is 2.68. The quantitative estimate of drug-likeness (QED) is 0.534. The second-order valence-corrected chi connectivity index (χ2v) is 5.65. The lowest BCUT2D eigenvalue weighted by atomic mass is 10.1. The van der Waals surface area contributed by atoms with E-state index < -0.39 is 11.5 Å². The Morgan fingerprint density at radius 1 is 0.846 bits per heavy atom. The molecule has 0 N–H and O–H groups in total. The summed E-state index contributed by atoms with van der Waals surface area (Å²) in [7, 11) is 0. The van der Waals surface area contributed by atoms with Gasteiger partial charge in [-0.2, -0.15) is 0 Å². The second kappa shape index (κ2) is 6.64. The van der Waals surface area contributed by atoms with Crippen LogP contribution in [0.15, 0.2) is 89.9 Å². The van der Waals surface area contributed by atoms with Crippen molar-refractivity contribution in [2.75, 3.05) is 0 Å². The van der Waals surface area contributed by atoms with E-state index in [9.17, 15) is 9.59 Å². The zero-order valence-electron chi connectivity index (χ0n) is 13.7. The molecule has 4 rings (SSSR count). The van der Waals surface area contributed by atoms with Crippen LogP contribution in [0.25, 0.3) is 16.9 Å². The maximum absolute atomic E-state index is 12.9. The van der Waals surface area contributed by atoms with Crippen molar-refractivity contribution in [3.8, 4) is 17.0 Å². The summed E-state index contributed by atoms with van der Waals surface area (Å²) >= 11 is 0. The first-order chi connectivity index (χ1) is 12.7. The zero-order chi connectivity index (χ0) is 17.9. The molecule has 2 aromatic carbocycles. The lowest BCUT2D eigenvalue weighted by molar-refractivity contribution is 0.0732. The van der Waals surface area contributed by atoms with E-state index in [0.29, 0.717) is 22.5 Å². The van der Waals surface area contributed by atoms with Gasteiger partial charge in [-0.3, -0.25) is 9.20 Å². The minimum Gasteiger partial charge on any atom is -0.415 e. The molecule has 0 amide bonds. The molecule has 4 aromatic rings. The molecule has 0 radical (unpaired) electrons. The minimum absolute atomic E-state index is 0.0891. The van der Waals surface area contributed by atoms with Gasteiger partial charge in [-0.1, -0.05) is 54.6 Å². The Morgan fingerprint density at radius 2 is 1.50 bits per heavy atom. The van der Waals surface area contributed by atoms with Crippen LogP contribution in [0.4, 0.5) is 0 Å². The number of nitrogens with zero attached hydrogens (tertiary/aromatic N) is 2. The van der Waals surface area contributed by atoms with Crippen molar-refractivity contribution in [1.29, 1.82) is 0 Å². The van der Waals surface area contributed by atoms with Crippen molar-refractivity contribution in [3.05, 3.63) is 101 Å². The molecule has 0 atom stereocenters. The van der Waals surface area contributed by atoms with E-state index in [1.807, 2.05) is 30.3 Å². The normalized spacial score (nSPS) is 10.6. The maximum atomic E-state index is 12.9. The fourth-order valence-corrected chi connectivity index (χ4v) is 2.68. The Kier molecular flexibility index (Phi) is 4.03. The van der Waals surface area contributed by atoms with Crippen LogP contribution < -0.4 is 10.3 Å². The first-order valence-corrected chi connectivity index (χ1v) is 8.08. The van der Waals surface area contributed by atoms with Crippen molar-refractivity contribution < 1.29 is 9.53 Å². The van der Waals surface area contributed by atoms with Crippen LogP contribution in [0, 0.1) is 0 Å². The molecule has 2 heterocycles. The topological polar surface area (TPSA) is 60.7 Å². The maximum Gasteiger partial charge on any atom is 0.343 e. The van der Waals surface area contributed by atoms with Crippen molar-refractivity contribution in [1.82, 2.24) is 9.38 Å². The van der Waals surface area contributed by atoms with Gasteiger partial charge in [0.1, 0.15) is 11.3 Å². The Hall–Kier alpha value is -3.73. The van der Waals surface area contributed by atoms with Crippen LogP contribution in [-0.2, 0) is 0 Å². The first kappa shape index (κ1) is 15.8. The summed E-state index contributed by atoms with van der Waals surface area (Å²) in [6.07, 6.45) is 1.60. The van der Waals surface area contributed by atoms with Gasteiger partial charge in [0.05, 0.1) is 5.56 Å². The van der Waals surface area contributed by atoms with Gasteiger partial charge in [0.2, 0.25) is 5.75 Å². The summed E-state index contributed by atoms with van der Waals surface area (Å²) in [5.41, 5.74) is 1.46. The summed E-state index contributed by atoms with van der Waals surface area (Å²) < 4.78 is 6.85. The molecule has 0 aliphatic rings. The number of ether oxygens (including phenoxy) is 1. The van der Waals surface area contributed by atoms with Gasteiger partial charge in [0.25, 0.3) is 0 Å². The molecule has 0 aliphatic heterocycles. The molecule has 0 bridgehead atoms. The summed E-state index contributed by atoms with van der Waals surface area (Å²) in [6, 6.07) is 23.0. The molecule has 0 spiro atoms.